The molecule has 1 aliphatic carbocycles. The summed E-state index contributed by atoms with van der Waals surface area (Å²) in [6, 6.07) is 3.54. The van der Waals surface area contributed by atoms with Crippen LogP contribution in [-0.4, -0.2) is 41.5 Å². The Labute approximate surface area is 183 Å². The number of anilines is 1. The number of halogens is 2. The van der Waals surface area contributed by atoms with Crippen LogP contribution in [0.15, 0.2) is 17.1 Å². The number of carboxylic acid groups (broad SMARTS) is 1. The number of fused-ring (bicyclic) bond motifs is 2. The number of nitriles is 1. The summed E-state index contributed by atoms with van der Waals surface area (Å²) in [5, 5.41) is 22.4. The number of piperidine rings is 1. The van der Waals surface area contributed by atoms with Gasteiger partial charge in [0.15, 0.2) is 5.75 Å². The quantitative estimate of drug-likeness (QED) is 0.695. The molecular weight excluding hydrogens is 427 g/mol. The molecule has 1 saturated carbocycles. The Kier molecular flexibility index (Phi) is 5.54. The van der Waals surface area contributed by atoms with E-state index >= 15 is 4.39 Å². The van der Waals surface area contributed by atoms with Crippen LogP contribution < -0.4 is 20.4 Å². The highest BCUT2D eigenvalue weighted by atomic mass is 35.5. The lowest BCUT2D eigenvalue weighted by molar-refractivity contribution is 0.143. The number of ether oxygens (including phenoxy) is 1. The van der Waals surface area contributed by atoms with E-state index in [9.17, 15) is 14.9 Å². The molecule has 3 fully saturated rings. The highest BCUT2D eigenvalue weighted by molar-refractivity contribution is 5.92. The van der Waals surface area contributed by atoms with Crippen molar-refractivity contribution in [1.29, 1.82) is 5.26 Å². The molecule has 0 spiro atoms. The molecule has 3 heterocycles. The maximum Gasteiger partial charge on any atom is 0.511 e. The zero-order chi connectivity index (χ0) is 21.0. The van der Waals surface area contributed by atoms with Gasteiger partial charge in [0.25, 0.3) is 0 Å². The second kappa shape index (κ2) is 8.02. The van der Waals surface area contributed by atoms with Crippen molar-refractivity contribution in [1.82, 2.24) is 9.88 Å². The number of pyridine rings is 1. The van der Waals surface area contributed by atoms with Crippen LogP contribution in [-0.2, 0) is 0 Å². The normalized spacial score (nSPS) is 22.5. The lowest BCUT2D eigenvalue weighted by Gasteiger charge is -2.24. The minimum absolute atomic E-state index is 0. The van der Waals surface area contributed by atoms with E-state index in [2.05, 4.69) is 16.1 Å². The van der Waals surface area contributed by atoms with Crippen molar-refractivity contribution < 1.29 is 19.0 Å². The minimum Gasteiger partial charge on any atom is -0.449 e. The highest BCUT2D eigenvalue weighted by Crippen LogP contribution is 2.41. The van der Waals surface area contributed by atoms with E-state index in [0.29, 0.717) is 24.5 Å². The third-order valence-electron chi connectivity index (χ3n) is 6.37. The molecule has 2 aliphatic heterocycles. The number of hydrogen-bond acceptors (Lipinski definition) is 6. The second-order valence-electron chi connectivity index (χ2n) is 8.29. The molecular formula is C21H22ClFN4O4. The van der Waals surface area contributed by atoms with E-state index in [1.54, 1.807) is 4.57 Å². The van der Waals surface area contributed by atoms with Crippen molar-refractivity contribution in [2.45, 2.75) is 37.8 Å². The summed E-state index contributed by atoms with van der Waals surface area (Å²) in [4.78, 5) is 25.7. The van der Waals surface area contributed by atoms with Gasteiger partial charge in [-0.2, -0.15) is 5.26 Å². The fourth-order valence-electron chi connectivity index (χ4n) is 4.91. The Morgan fingerprint density at radius 1 is 1.32 bits per heavy atom. The summed E-state index contributed by atoms with van der Waals surface area (Å²) >= 11 is 0. The van der Waals surface area contributed by atoms with Crippen molar-refractivity contribution >= 4 is 35.2 Å². The first-order chi connectivity index (χ1) is 14.5. The Bertz CT molecular complexity index is 1140. The molecule has 8 nitrogen and oxygen atoms in total. The van der Waals surface area contributed by atoms with Crippen molar-refractivity contribution in [2.75, 3.05) is 24.5 Å². The number of benzene rings is 1. The first kappa shape index (κ1) is 21.4. The highest BCUT2D eigenvalue weighted by Gasteiger charge is 2.37. The molecule has 2 aromatic rings. The number of rotatable bonds is 3. The number of carbonyl (C=O) groups is 1. The van der Waals surface area contributed by atoms with Crippen LogP contribution >= 0.6 is 12.4 Å². The summed E-state index contributed by atoms with van der Waals surface area (Å²) < 4.78 is 21.6. The van der Waals surface area contributed by atoms with Crippen molar-refractivity contribution in [3.8, 4) is 11.8 Å². The number of nitrogens with one attached hydrogen (secondary N) is 1. The van der Waals surface area contributed by atoms with Gasteiger partial charge in [-0.25, -0.2) is 9.18 Å². The van der Waals surface area contributed by atoms with Gasteiger partial charge in [-0.3, -0.25) is 4.79 Å². The van der Waals surface area contributed by atoms with Crippen molar-refractivity contribution in [2.24, 2.45) is 5.92 Å². The summed E-state index contributed by atoms with van der Waals surface area (Å²) in [6.07, 6.45) is 3.53. The average molecular weight is 449 g/mol. The van der Waals surface area contributed by atoms with Crippen LogP contribution in [0, 0.1) is 23.1 Å². The van der Waals surface area contributed by atoms with E-state index in [1.807, 2.05) is 4.90 Å². The molecule has 10 heteroatoms. The molecule has 31 heavy (non-hydrogen) atoms. The van der Waals surface area contributed by atoms with Crippen LogP contribution in [0.3, 0.4) is 0 Å². The van der Waals surface area contributed by atoms with Gasteiger partial charge in [0.1, 0.15) is 17.4 Å². The van der Waals surface area contributed by atoms with E-state index in [-0.39, 0.29) is 46.9 Å². The standard InChI is InChI=1S/C21H21FN4O4.ClH/c22-15-6-13-18(26(12-3-4-12)10-17(20(13)27)30-21(28)29)14(7-23)19(15)25-8-11-2-1-5-24-16(11)9-25;/h6,10-12,16,24H,1-5,8-9H2,(H,28,29);1H/t11-,16+;/m0./s1. The summed E-state index contributed by atoms with van der Waals surface area (Å²) in [6.45, 7) is 2.20. The van der Waals surface area contributed by atoms with Gasteiger partial charge in [0.05, 0.1) is 22.8 Å². The first-order valence-electron chi connectivity index (χ1n) is 10.2. The Morgan fingerprint density at radius 2 is 2.10 bits per heavy atom. The maximum absolute atomic E-state index is 15.3. The molecule has 164 valence electrons. The van der Waals surface area contributed by atoms with Crippen LogP contribution in [0.5, 0.6) is 5.75 Å². The minimum atomic E-state index is -1.61. The monoisotopic (exact) mass is 448 g/mol. The molecule has 0 bridgehead atoms. The van der Waals surface area contributed by atoms with E-state index in [4.69, 9.17) is 5.11 Å². The first-order valence-corrected chi connectivity index (χ1v) is 10.2. The molecule has 2 saturated heterocycles. The fourth-order valence-corrected chi connectivity index (χ4v) is 4.91. The molecule has 1 aromatic carbocycles. The number of aromatic nitrogens is 1. The molecule has 0 amide bonds. The van der Waals surface area contributed by atoms with Gasteiger partial charge in [-0.1, -0.05) is 0 Å². The zero-order valence-corrected chi connectivity index (χ0v) is 17.5. The molecule has 5 rings (SSSR count). The third kappa shape index (κ3) is 3.60. The SMILES string of the molecule is Cl.N#Cc1c(N2C[C@@H]3CCCN[C@@H]3C2)c(F)cc2c(=O)c(OC(=O)O)cn(C3CC3)c12. The number of hydrogen-bond donors (Lipinski definition) is 2. The lowest BCUT2D eigenvalue weighted by Crippen LogP contribution is -2.40. The maximum atomic E-state index is 15.3. The molecule has 2 atom stereocenters. The third-order valence-corrected chi connectivity index (χ3v) is 6.37. The van der Waals surface area contributed by atoms with E-state index < -0.39 is 17.4 Å². The number of nitrogens with zero attached hydrogens (tertiary/aromatic N) is 3. The largest absolute Gasteiger partial charge is 0.511 e. The van der Waals surface area contributed by atoms with Gasteiger partial charge in [-0.15, -0.1) is 12.4 Å². The Balaban J connectivity index is 0.00000231. The topological polar surface area (TPSA) is 108 Å². The van der Waals surface area contributed by atoms with E-state index in [1.165, 1.54) is 6.20 Å². The summed E-state index contributed by atoms with van der Waals surface area (Å²) in [5.41, 5.74) is -0.0404. The molecule has 0 unspecified atom stereocenters. The van der Waals surface area contributed by atoms with Gasteiger partial charge in [0, 0.05) is 25.2 Å². The molecule has 1 aromatic heterocycles. The predicted molar refractivity (Wildman–Crippen MR) is 114 cm³/mol. The average Bonchev–Trinajstić information content (AvgIpc) is 3.47. The lowest BCUT2D eigenvalue weighted by atomic mass is 9.94. The Hall–Kier alpha value is -2.83. The smallest absolute Gasteiger partial charge is 0.449 e. The predicted octanol–water partition coefficient (Wildman–Crippen LogP) is 3.01. The van der Waals surface area contributed by atoms with Crippen LogP contribution in [0.25, 0.3) is 10.9 Å². The molecule has 2 N–H and O–H groups in total. The van der Waals surface area contributed by atoms with Crippen LogP contribution in [0.1, 0.15) is 37.3 Å². The zero-order valence-electron chi connectivity index (χ0n) is 16.6. The summed E-state index contributed by atoms with van der Waals surface area (Å²) in [5.74, 6) is -0.628. The van der Waals surface area contributed by atoms with Crippen molar-refractivity contribution in [3.05, 3.63) is 33.9 Å². The van der Waals surface area contributed by atoms with E-state index in [0.717, 1.165) is 38.3 Å². The van der Waals surface area contributed by atoms with Crippen LogP contribution in [0.4, 0.5) is 14.9 Å². The second-order valence-corrected chi connectivity index (χ2v) is 8.29. The van der Waals surface area contributed by atoms with Crippen LogP contribution in [0.2, 0.25) is 0 Å². The Morgan fingerprint density at radius 3 is 2.74 bits per heavy atom. The molecule has 3 aliphatic rings. The van der Waals surface area contributed by atoms with Gasteiger partial charge in [-0.05, 0) is 44.2 Å². The van der Waals surface area contributed by atoms with Gasteiger partial charge < -0.3 is 24.6 Å². The van der Waals surface area contributed by atoms with Gasteiger partial charge >= 0.3 is 6.16 Å². The van der Waals surface area contributed by atoms with Gasteiger partial charge in [0.2, 0.25) is 5.43 Å². The summed E-state index contributed by atoms with van der Waals surface area (Å²) in [7, 11) is 0. The fraction of sp³-hybridized carbons (Fsp3) is 0.476. The van der Waals surface area contributed by atoms with Crippen molar-refractivity contribution in [3.63, 3.8) is 0 Å². The molecule has 0 radical (unpaired) electrons.